The largest absolute Gasteiger partial charge is 0.334 e. The van der Waals surface area contributed by atoms with Gasteiger partial charge in [0, 0.05) is 24.0 Å². The minimum absolute atomic E-state index is 0.205. The molecule has 1 aromatic heterocycles. The molecule has 2 rings (SSSR count). The van der Waals surface area contributed by atoms with E-state index in [4.69, 9.17) is 0 Å². The zero-order chi connectivity index (χ0) is 13.0. The van der Waals surface area contributed by atoms with Gasteiger partial charge in [-0.3, -0.25) is 4.79 Å². The summed E-state index contributed by atoms with van der Waals surface area (Å²) >= 11 is 1.64. The van der Waals surface area contributed by atoms with Crippen LogP contribution in [0.4, 0.5) is 0 Å². The van der Waals surface area contributed by atoms with Crippen molar-refractivity contribution in [3.63, 3.8) is 0 Å². The van der Waals surface area contributed by atoms with Crippen LogP contribution in [0.2, 0.25) is 0 Å². The molecule has 1 saturated heterocycles. The van der Waals surface area contributed by atoms with Crippen LogP contribution in [0, 0.1) is 0 Å². The molecule has 0 spiro atoms. The highest BCUT2D eigenvalue weighted by atomic mass is 32.1. The van der Waals surface area contributed by atoms with E-state index in [1.54, 1.807) is 11.3 Å². The van der Waals surface area contributed by atoms with Gasteiger partial charge in [-0.1, -0.05) is 6.92 Å². The molecule has 1 aliphatic heterocycles. The quantitative estimate of drug-likeness (QED) is 0.908. The fraction of sp³-hybridized carbons (Fsp3) is 0.643. The standard InChI is InChI=1S/C14H22N2OS/c1-3-12-7-8-13(18-12)14(17)16(4-2)11-6-5-9-15-10-11/h7-8,11,15H,3-6,9-10H2,1-2H3. The molecule has 1 unspecified atom stereocenters. The van der Waals surface area contributed by atoms with Crippen LogP contribution < -0.4 is 5.32 Å². The van der Waals surface area contributed by atoms with Crippen molar-refractivity contribution in [2.45, 2.75) is 39.2 Å². The summed E-state index contributed by atoms with van der Waals surface area (Å²) in [5.74, 6) is 0.205. The number of hydrogen-bond acceptors (Lipinski definition) is 3. The first-order valence-electron chi connectivity index (χ1n) is 6.86. The number of carbonyl (C=O) groups excluding carboxylic acids is 1. The molecular weight excluding hydrogens is 244 g/mol. The first kappa shape index (κ1) is 13.6. The number of hydrogen-bond donors (Lipinski definition) is 1. The van der Waals surface area contributed by atoms with Gasteiger partial charge in [0.15, 0.2) is 0 Å². The first-order valence-corrected chi connectivity index (χ1v) is 7.68. The van der Waals surface area contributed by atoms with E-state index in [1.165, 1.54) is 11.3 Å². The second-order valence-electron chi connectivity index (χ2n) is 4.71. The Hall–Kier alpha value is -0.870. The molecule has 2 heterocycles. The average molecular weight is 266 g/mol. The number of amides is 1. The Morgan fingerprint density at radius 2 is 2.33 bits per heavy atom. The minimum Gasteiger partial charge on any atom is -0.334 e. The van der Waals surface area contributed by atoms with Gasteiger partial charge in [0.25, 0.3) is 5.91 Å². The maximum absolute atomic E-state index is 12.5. The molecule has 100 valence electrons. The molecule has 1 aromatic rings. The van der Waals surface area contributed by atoms with Crippen LogP contribution in [0.3, 0.4) is 0 Å². The lowest BCUT2D eigenvalue weighted by atomic mass is 10.1. The summed E-state index contributed by atoms with van der Waals surface area (Å²) in [5.41, 5.74) is 0. The van der Waals surface area contributed by atoms with Gasteiger partial charge in [0.1, 0.15) is 0 Å². The van der Waals surface area contributed by atoms with E-state index in [1.807, 2.05) is 11.0 Å². The van der Waals surface area contributed by atoms with Crippen molar-refractivity contribution in [2.75, 3.05) is 19.6 Å². The third kappa shape index (κ3) is 2.93. The number of likely N-dealkylation sites (N-methyl/N-ethyl adjacent to an activating group) is 1. The lowest BCUT2D eigenvalue weighted by Crippen LogP contribution is -2.48. The number of carbonyl (C=O) groups is 1. The molecule has 1 N–H and O–H groups in total. The Balaban J connectivity index is 2.08. The lowest BCUT2D eigenvalue weighted by molar-refractivity contribution is 0.0667. The molecule has 4 heteroatoms. The summed E-state index contributed by atoms with van der Waals surface area (Å²) in [6, 6.07) is 4.42. The van der Waals surface area contributed by atoms with Crippen molar-refractivity contribution in [3.05, 3.63) is 21.9 Å². The Morgan fingerprint density at radius 1 is 1.50 bits per heavy atom. The van der Waals surface area contributed by atoms with Crippen LogP contribution in [0.5, 0.6) is 0 Å². The zero-order valence-electron chi connectivity index (χ0n) is 11.2. The van der Waals surface area contributed by atoms with Crippen LogP contribution >= 0.6 is 11.3 Å². The normalized spacial score (nSPS) is 19.8. The lowest BCUT2D eigenvalue weighted by Gasteiger charge is -2.33. The molecule has 1 aliphatic rings. The molecule has 1 atom stereocenters. The van der Waals surface area contributed by atoms with Crippen LogP contribution in [0.1, 0.15) is 41.2 Å². The van der Waals surface area contributed by atoms with Crippen LogP contribution in [-0.4, -0.2) is 36.5 Å². The highest BCUT2D eigenvalue weighted by molar-refractivity contribution is 7.14. The molecule has 1 fully saturated rings. The predicted molar refractivity (Wildman–Crippen MR) is 76.3 cm³/mol. The highest BCUT2D eigenvalue weighted by Gasteiger charge is 2.25. The number of aryl methyl sites for hydroxylation is 1. The number of thiophene rings is 1. The molecule has 3 nitrogen and oxygen atoms in total. The Bertz CT molecular complexity index is 396. The minimum atomic E-state index is 0.205. The van der Waals surface area contributed by atoms with E-state index in [0.29, 0.717) is 6.04 Å². The predicted octanol–water partition coefficient (Wildman–Crippen LogP) is 2.52. The number of piperidine rings is 1. The van der Waals surface area contributed by atoms with Crippen molar-refractivity contribution in [1.29, 1.82) is 0 Å². The first-order chi connectivity index (χ1) is 8.76. The molecular formula is C14H22N2OS. The summed E-state index contributed by atoms with van der Waals surface area (Å²) in [7, 11) is 0. The third-order valence-corrected chi connectivity index (χ3v) is 4.75. The Labute approximate surface area is 113 Å². The summed E-state index contributed by atoms with van der Waals surface area (Å²) in [6.07, 6.45) is 3.30. The van der Waals surface area contributed by atoms with Gasteiger partial charge in [0.05, 0.1) is 4.88 Å². The van der Waals surface area contributed by atoms with Crippen molar-refractivity contribution in [2.24, 2.45) is 0 Å². The van der Waals surface area contributed by atoms with E-state index < -0.39 is 0 Å². The van der Waals surface area contributed by atoms with Crippen molar-refractivity contribution >= 4 is 17.2 Å². The van der Waals surface area contributed by atoms with Crippen LogP contribution in [0.15, 0.2) is 12.1 Å². The maximum atomic E-state index is 12.5. The van der Waals surface area contributed by atoms with Gasteiger partial charge in [-0.25, -0.2) is 0 Å². The van der Waals surface area contributed by atoms with E-state index in [2.05, 4.69) is 25.2 Å². The third-order valence-electron chi connectivity index (χ3n) is 3.53. The van der Waals surface area contributed by atoms with Gasteiger partial charge in [-0.15, -0.1) is 11.3 Å². The Kier molecular flexibility index (Phi) is 4.78. The average Bonchev–Trinajstić information content (AvgIpc) is 2.89. The molecule has 0 saturated carbocycles. The van der Waals surface area contributed by atoms with E-state index >= 15 is 0 Å². The topological polar surface area (TPSA) is 32.3 Å². The second-order valence-corrected chi connectivity index (χ2v) is 5.88. The molecule has 0 bridgehead atoms. The van der Waals surface area contributed by atoms with E-state index in [9.17, 15) is 4.79 Å². The van der Waals surface area contributed by atoms with Gasteiger partial charge in [-0.05, 0) is 44.9 Å². The monoisotopic (exact) mass is 266 g/mol. The number of rotatable bonds is 4. The van der Waals surface area contributed by atoms with Crippen molar-refractivity contribution in [1.82, 2.24) is 10.2 Å². The molecule has 0 aliphatic carbocycles. The molecule has 18 heavy (non-hydrogen) atoms. The SMILES string of the molecule is CCc1ccc(C(=O)N(CC)C2CCCNC2)s1. The maximum Gasteiger partial charge on any atom is 0.264 e. The number of nitrogens with one attached hydrogen (secondary N) is 1. The van der Waals surface area contributed by atoms with Crippen LogP contribution in [-0.2, 0) is 6.42 Å². The second kappa shape index (κ2) is 6.34. The zero-order valence-corrected chi connectivity index (χ0v) is 12.1. The fourth-order valence-electron chi connectivity index (χ4n) is 2.49. The van der Waals surface area contributed by atoms with E-state index in [0.717, 1.165) is 37.4 Å². The van der Waals surface area contributed by atoms with Crippen LogP contribution in [0.25, 0.3) is 0 Å². The molecule has 0 aromatic carbocycles. The summed E-state index contributed by atoms with van der Waals surface area (Å²) in [5, 5.41) is 3.38. The molecule has 0 radical (unpaired) electrons. The molecule has 1 amide bonds. The van der Waals surface area contributed by atoms with E-state index in [-0.39, 0.29) is 5.91 Å². The Morgan fingerprint density at radius 3 is 2.89 bits per heavy atom. The summed E-state index contributed by atoms with van der Waals surface area (Å²) < 4.78 is 0. The van der Waals surface area contributed by atoms with Gasteiger partial charge in [0.2, 0.25) is 0 Å². The number of nitrogens with zero attached hydrogens (tertiary/aromatic N) is 1. The van der Waals surface area contributed by atoms with Crippen molar-refractivity contribution in [3.8, 4) is 0 Å². The van der Waals surface area contributed by atoms with Gasteiger partial charge < -0.3 is 10.2 Å². The van der Waals surface area contributed by atoms with Gasteiger partial charge >= 0.3 is 0 Å². The van der Waals surface area contributed by atoms with Gasteiger partial charge in [-0.2, -0.15) is 0 Å². The fourth-order valence-corrected chi connectivity index (χ4v) is 3.40. The highest BCUT2D eigenvalue weighted by Crippen LogP contribution is 2.21. The summed E-state index contributed by atoms with van der Waals surface area (Å²) in [6.45, 7) is 7.01. The summed E-state index contributed by atoms with van der Waals surface area (Å²) in [4.78, 5) is 16.7. The smallest absolute Gasteiger partial charge is 0.264 e. The van der Waals surface area contributed by atoms with Crippen molar-refractivity contribution < 1.29 is 4.79 Å².